The number of halogens is 1. The Morgan fingerprint density at radius 2 is 1.86 bits per heavy atom. The van der Waals surface area contributed by atoms with Gasteiger partial charge in [0.1, 0.15) is 5.82 Å². The zero-order valence-corrected chi connectivity index (χ0v) is 11.7. The summed E-state index contributed by atoms with van der Waals surface area (Å²) in [4.78, 5) is 27.3. The molecule has 0 saturated carbocycles. The predicted molar refractivity (Wildman–Crippen MR) is 74.5 cm³/mol. The Hall–Kier alpha value is -2.96. The fourth-order valence-electron chi connectivity index (χ4n) is 1.72. The number of carbonyl (C=O) groups excluding carboxylic acids is 2. The lowest BCUT2D eigenvalue weighted by Crippen LogP contribution is -2.26. The summed E-state index contributed by atoms with van der Waals surface area (Å²) in [6, 6.07) is 7.86. The minimum absolute atomic E-state index is 0.133. The number of esters is 1. The Balaban J connectivity index is 2.18. The van der Waals surface area contributed by atoms with Gasteiger partial charge in [-0.25, -0.2) is 14.2 Å². The molecule has 0 radical (unpaired) electrons. The van der Waals surface area contributed by atoms with Gasteiger partial charge in [0.05, 0.1) is 12.7 Å². The van der Waals surface area contributed by atoms with E-state index in [0.29, 0.717) is 5.88 Å². The van der Waals surface area contributed by atoms with Crippen molar-refractivity contribution in [1.82, 2.24) is 4.98 Å². The van der Waals surface area contributed by atoms with Gasteiger partial charge in [0.25, 0.3) is 5.91 Å². The van der Waals surface area contributed by atoms with E-state index >= 15 is 0 Å². The third-order valence-electron chi connectivity index (χ3n) is 2.84. The maximum atomic E-state index is 12.9. The Labute approximate surface area is 125 Å². The first-order valence-electron chi connectivity index (χ1n) is 6.27. The molecule has 0 saturated heterocycles. The van der Waals surface area contributed by atoms with E-state index in [1.165, 1.54) is 37.6 Å². The van der Waals surface area contributed by atoms with Gasteiger partial charge >= 0.3 is 5.97 Å². The quantitative estimate of drug-likeness (QED) is 0.847. The van der Waals surface area contributed by atoms with E-state index in [1.54, 1.807) is 0 Å². The first kappa shape index (κ1) is 15.4. The topological polar surface area (TPSA) is 91.5 Å². The molecule has 1 aromatic carbocycles. The molecular weight excluding hydrogens is 291 g/mol. The van der Waals surface area contributed by atoms with Crippen molar-refractivity contribution in [2.75, 3.05) is 7.11 Å². The van der Waals surface area contributed by atoms with Crippen LogP contribution in [0.2, 0.25) is 0 Å². The average Bonchev–Trinajstić information content (AvgIpc) is 2.53. The van der Waals surface area contributed by atoms with Crippen LogP contribution in [0, 0.1) is 5.82 Å². The zero-order valence-electron chi connectivity index (χ0n) is 11.7. The predicted octanol–water partition coefficient (Wildman–Crippen LogP) is 1.61. The third kappa shape index (κ3) is 3.57. The monoisotopic (exact) mass is 304 g/mol. The summed E-state index contributed by atoms with van der Waals surface area (Å²) in [5, 5.41) is 0. The van der Waals surface area contributed by atoms with Crippen LogP contribution in [0.15, 0.2) is 42.6 Å². The highest BCUT2D eigenvalue weighted by Crippen LogP contribution is 2.20. The lowest BCUT2D eigenvalue weighted by Gasteiger charge is -2.15. The molecule has 7 heteroatoms. The second-order valence-electron chi connectivity index (χ2n) is 4.33. The molecule has 0 unspecified atom stereocenters. The molecule has 1 atom stereocenters. The molecule has 2 rings (SSSR count). The number of ether oxygens (including phenoxy) is 2. The summed E-state index contributed by atoms with van der Waals surface area (Å²) < 4.78 is 22.9. The van der Waals surface area contributed by atoms with Crippen molar-refractivity contribution in [3.63, 3.8) is 0 Å². The molecule has 0 aliphatic heterocycles. The zero-order chi connectivity index (χ0) is 16.1. The number of carbonyl (C=O) groups is 2. The fraction of sp³-hybridized carbons (Fsp3) is 0.133. The molecule has 0 aliphatic rings. The summed E-state index contributed by atoms with van der Waals surface area (Å²) in [6.07, 6.45) is -0.0561. The van der Waals surface area contributed by atoms with Crippen molar-refractivity contribution in [2.24, 2.45) is 5.73 Å². The molecule has 0 spiro atoms. The second kappa shape index (κ2) is 6.66. The van der Waals surface area contributed by atoms with Crippen molar-refractivity contribution in [2.45, 2.75) is 6.10 Å². The number of benzene rings is 1. The van der Waals surface area contributed by atoms with Crippen LogP contribution in [0.4, 0.5) is 4.39 Å². The van der Waals surface area contributed by atoms with Gasteiger partial charge in [-0.05, 0) is 18.2 Å². The normalized spacial score (nSPS) is 11.5. The van der Waals surface area contributed by atoms with Crippen LogP contribution in [0.3, 0.4) is 0 Å². The van der Waals surface area contributed by atoms with Gasteiger partial charge in [-0.2, -0.15) is 0 Å². The molecule has 114 valence electrons. The lowest BCUT2D eigenvalue weighted by molar-refractivity contribution is -0.127. The van der Waals surface area contributed by atoms with Gasteiger partial charge in [0, 0.05) is 17.8 Å². The van der Waals surface area contributed by atoms with Crippen LogP contribution < -0.4 is 10.5 Å². The summed E-state index contributed by atoms with van der Waals surface area (Å²) >= 11 is 0. The molecule has 1 amide bonds. The van der Waals surface area contributed by atoms with Crippen molar-refractivity contribution in [3.05, 3.63) is 59.5 Å². The molecule has 22 heavy (non-hydrogen) atoms. The Kier molecular flexibility index (Phi) is 4.67. The van der Waals surface area contributed by atoms with Crippen LogP contribution in [-0.4, -0.2) is 24.0 Å². The average molecular weight is 304 g/mol. The number of primary amides is 1. The lowest BCUT2D eigenvalue weighted by atomic mass is 10.1. The van der Waals surface area contributed by atoms with Gasteiger partial charge < -0.3 is 15.2 Å². The highest BCUT2D eigenvalue weighted by molar-refractivity contribution is 5.92. The summed E-state index contributed by atoms with van der Waals surface area (Å²) in [5.41, 5.74) is 5.65. The Bertz CT molecular complexity index is 671. The summed E-state index contributed by atoms with van der Waals surface area (Å²) in [5.74, 6) is -1.77. The van der Waals surface area contributed by atoms with E-state index in [1.807, 2.05) is 0 Å². The maximum Gasteiger partial charge on any atom is 0.340 e. The van der Waals surface area contributed by atoms with E-state index in [-0.39, 0.29) is 11.1 Å². The molecule has 0 aliphatic carbocycles. The maximum absolute atomic E-state index is 12.9. The molecular formula is C15H13FN2O4. The van der Waals surface area contributed by atoms with Crippen molar-refractivity contribution in [3.8, 4) is 5.88 Å². The molecule has 1 aromatic heterocycles. The van der Waals surface area contributed by atoms with E-state index in [2.05, 4.69) is 4.98 Å². The number of amides is 1. The van der Waals surface area contributed by atoms with Crippen LogP contribution in [0.25, 0.3) is 0 Å². The van der Waals surface area contributed by atoms with E-state index in [9.17, 15) is 14.0 Å². The number of pyridine rings is 1. The van der Waals surface area contributed by atoms with Crippen LogP contribution in [0.5, 0.6) is 5.88 Å². The van der Waals surface area contributed by atoms with Gasteiger partial charge in [-0.15, -0.1) is 0 Å². The molecule has 0 bridgehead atoms. The minimum atomic E-state index is -1.31. The molecule has 6 nitrogen and oxygen atoms in total. The number of aromatic nitrogens is 1. The standard InChI is InChI=1S/C15H13FN2O4/c1-21-12-7-4-10(8-18-12)15(20)22-13(14(17)19)9-2-5-11(16)6-3-9/h2-8,13H,1H3,(H2,17,19)/t13-/m1/s1. The van der Waals surface area contributed by atoms with Gasteiger partial charge in [-0.1, -0.05) is 12.1 Å². The fourth-order valence-corrected chi connectivity index (χ4v) is 1.72. The van der Waals surface area contributed by atoms with Gasteiger partial charge in [-0.3, -0.25) is 4.79 Å². The first-order valence-corrected chi connectivity index (χ1v) is 6.27. The summed E-state index contributed by atoms with van der Waals surface area (Å²) in [7, 11) is 1.44. The largest absolute Gasteiger partial charge is 0.481 e. The molecule has 2 aromatic rings. The van der Waals surface area contributed by atoms with Crippen LogP contribution in [0.1, 0.15) is 22.0 Å². The van der Waals surface area contributed by atoms with E-state index < -0.39 is 23.8 Å². The van der Waals surface area contributed by atoms with Gasteiger partial charge in [0.15, 0.2) is 0 Å². The van der Waals surface area contributed by atoms with Crippen molar-refractivity contribution >= 4 is 11.9 Å². The summed E-state index contributed by atoms with van der Waals surface area (Å²) in [6.45, 7) is 0. The molecule has 2 N–H and O–H groups in total. The smallest absolute Gasteiger partial charge is 0.340 e. The van der Waals surface area contributed by atoms with Crippen LogP contribution >= 0.6 is 0 Å². The Morgan fingerprint density at radius 3 is 2.36 bits per heavy atom. The number of rotatable bonds is 5. The van der Waals surface area contributed by atoms with Crippen molar-refractivity contribution in [1.29, 1.82) is 0 Å². The number of hydrogen-bond donors (Lipinski definition) is 1. The molecule has 1 heterocycles. The third-order valence-corrected chi connectivity index (χ3v) is 2.84. The minimum Gasteiger partial charge on any atom is -0.481 e. The molecule has 0 fully saturated rings. The number of nitrogens with two attached hydrogens (primary N) is 1. The van der Waals surface area contributed by atoms with E-state index in [0.717, 1.165) is 12.1 Å². The highest BCUT2D eigenvalue weighted by atomic mass is 19.1. The second-order valence-corrected chi connectivity index (χ2v) is 4.33. The Morgan fingerprint density at radius 1 is 1.18 bits per heavy atom. The van der Waals surface area contributed by atoms with Crippen LogP contribution in [-0.2, 0) is 9.53 Å². The SMILES string of the molecule is COc1ccc(C(=O)O[C@@H](C(N)=O)c2ccc(F)cc2)cn1. The first-order chi connectivity index (χ1) is 10.5. The number of methoxy groups -OCH3 is 1. The van der Waals surface area contributed by atoms with Crippen molar-refractivity contribution < 1.29 is 23.5 Å². The number of hydrogen-bond acceptors (Lipinski definition) is 5. The number of nitrogens with zero attached hydrogens (tertiary/aromatic N) is 1. The highest BCUT2D eigenvalue weighted by Gasteiger charge is 2.23. The van der Waals surface area contributed by atoms with Gasteiger partial charge in [0.2, 0.25) is 12.0 Å². The van der Waals surface area contributed by atoms with E-state index in [4.69, 9.17) is 15.2 Å².